The van der Waals surface area contributed by atoms with Crippen molar-refractivity contribution in [2.45, 2.75) is 50.9 Å². The molecular weight excluding hydrogens is 392 g/mol. The van der Waals surface area contributed by atoms with Crippen LogP contribution in [0.1, 0.15) is 54.9 Å². The van der Waals surface area contributed by atoms with Crippen LogP contribution in [0.2, 0.25) is 0 Å². The van der Waals surface area contributed by atoms with Gasteiger partial charge < -0.3 is 15.2 Å². The summed E-state index contributed by atoms with van der Waals surface area (Å²) in [6.45, 7) is 2.14. The van der Waals surface area contributed by atoms with E-state index in [1.807, 2.05) is 12.1 Å². The van der Waals surface area contributed by atoms with Gasteiger partial charge in [0.25, 0.3) is 0 Å². The van der Waals surface area contributed by atoms with Crippen LogP contribution < -0.4 is 5.32 Å². The van der Waals surface area contributed by atoms with E-state index < -0.39 is 0 Å². The number of fused-ring (bicyclic) bond motifs is 2. The summed E-state index contributed by atoms with van der Waals surface area (Å²) in [7, 11) is 0. The highest BCUT2D eigenvalue weighted by Gasteiger charge is 2.61. The third-order valence-corrected chi connectivity index (χ3v) is 6.49. The molecule has 160 valence electrons. The van der Waals surface area contributed by atoms with Gasteiger partial charge >= 0.3 is 5.97 Å². The predicted octanol–water partition coefficient (Wildman–Crippen LogP) is 3.99. The van der Waals surface area contributed by atoms with Crippen LogP contribution in [0.15, 0.2) is 36.4 Å². The molecule has 1 amide bonds. The summed E-state index contributed by atoms with van der Waals surface area (Å²) in [5, 5.41) is 22.2. The molecule has 1 fully saturated rings. The molecule has 0 unspecified atom stereocenters. The van der Waals surface area contributed by atoms with Gasteiger partial charge in [-0.05, 0) is 80.0 Å². The normalized spacial score (nSPS) is 20.7. The minimum absolute atomic E-state index is 0.0575. The summed E-state index contributed by atoms with van der Waals surface area (Å²) in [4.78, 5) is 24.7. The number of carbonyl (C=O) groups excluding carboxylic acids is 2. The maximum atomic E-state index is 13.1. The van der Waals surface area contributed by atoms with E-state index in [4.69, 9.17) is 4.74 Å². The second-order valence-electron chi connectivity index (χ2n) is 8.39. The van der Waals surface area contributed by atoms with Crippen LogP contribution in [-0.2, 0) is 32.6 Å². The molecule has 2 aromatic carbocycles. The van der Waals surface area contributed by atoms with Crippen LogP contribution in [0, 0.1) is 17.2 Å². The Balaban J connectivity index is 1.47. The fourth-order valence-electron chi connectivity index (χ4n) is 4.82. The topological polar surface area (TPSA) is 99.4 Å². The second-order valence-corrected chi connectivity index (χ2v) is 8.39. The highest BCUT2D eigenvalue weighted by atomic mass is 16.5. The lowest BCUT2D eigenvalue weighted by atomic mass is 9.94. The Bertz CT molecular complexity index is 1070. The van der Waals surface area contributed by atoms with Gasteiger partial charge in [0, 0.05) is 23.4 Å². The first-order chi connectivity index (χ1) is 15.0. The van der Waals surface area contributed by atoms with E-state index in [1.165, 1.54) is 5.56 Å². The van der Waals surface area contributed by atoms with Crippen LogP contribution in [0.5, 0.6) is 5.75 Å². The molecule has 2 aliphatic carbocycles. The molecule has 0 bridgehead atoms. The molecule has 0 radical (unpaired) electrons. The number of aromatic hydroxyl groups is 1. The molecule has 6 nitrogen and oxygen atoms in total. The minimum atomic E-state index is -0.232. The number of hydrogen-bond donors (Lipinski definition) is 2. The summed E-state index contributed by atoms with van der Waals surface area (Å²) in [5.41, 5.74) is 4.12. The van der Waals surface area contributed by atoms with E-state index in [1.54, 1.807) is 31.2 Å². The first kappa shape index (κ1) is 20.9. The number of anilines is 1. The zero-order valence-corrected chi connectivity index (χ0v) is 17.6. The molecule has 2 aliphatic rings. The molecule has 0 heterocycles. The van der Waals surface area contributed by atoms with Gasteiger partial charge in [-0.1, -0.05) is 12.1 Å². The van der Waals surface area contributed by atoms with E-state index in [9.17, 15) is 20.0 Å². The SMILES string of the molecule is CCOC(=O)CCCc1ccc(C#N)cc1NC(=O)[C@@H]1C[C@]12CCc1ccc(O)cc12. The number of rotatable bonds is 7. The zero-order chi connectivity index (χ0) is 22.0. The molecule has 31 heavy (non-hydrogen) atoms. The fourth-order valence-corrected chi connectivity index (χ4v) is 4.82. The molecule has 1 spiro atoms. The van der Waals surface area contributed by atoms with Crippen molar-refractivity contribution < 1.29 is 19.4 Å². The zero-order valence-electron chi connectivity index (χ0n) is 17.6. The van der Waals surface area contributed by atoms with E-state index in [-0.39, 0.29) is 29.0 Å². The maximum Gasteiger partial charge on any atom is 0.305 e. The van der Waals surface area contributed by atoms with Crippen molar-refractivity contribution in [2.24, 2.45) is 5.92 Å². The van der Waals surface area contributed by atoms with E-state index >= 15 is 0 Å². The third kappa shape index (κ3) is 4.13. The Morgan fingerprint density at radius 1 is 1.29 bits per heavy atom. The molecule has 0 saturated heterocycles. The number of carbonyl (C=O) groups is 2. The van der Waals surface area contributed by atoms with Crippen molar-refractivity contribution in [1.29, 1.82) is 5.26 Å². The lowest BCUT2D eigenvalue weighted by Crippen LogP contribution is -2.20. The fraction of sp³-hybridized carbons (Fsp3) is 0.400. The number of amides is 1. The van der Waals surface area contributed by atoms with Gasteiger partial charge in [-0.3, -0.25) is 9.59 Å². The van der Waals surface area contributed by atoms with Gasteiger partial charge in [0.2, 0.25) is 5.91 Å². The maximum absolute atomic E-state index is 13.1. The Kier molecular flexibility index (Phi) is 5.69. The van der Waals surface area contributed by atoms with Gasteiger partial charge in [0.05, 0.1) is 18.2 Å². The van der Waals surface area contributed by atoms with Crippen molar-refractivity contribution in [1.82, 2.24) is 0 Å². The summed E-state index contributed by atoms with van der Waals surface area (Å²) < 4.78 is 4.97. The van der Waals surface area contributed by atoms with Crippen molar-refractivity contribution >= 4 is 17.6 Å². The van der Waals surface area contributed by atoms with Gasteiger partial charge in [-0.2, -0.15) is 5.26 Å². The quantitative estimate of drug-likeness (QED) is 0.662. The Morgan fingerprint density at radius 3 is 2.90 bits per heavy atom. The average molecular weight is 418 g/mol. The molecular formula is C25H26N2O4. The smallest absolute Gasteiger partial charge is 0.305 e. The lowest BCUT2D eigenvalue weighted by Gasteiger charge is -2.15. The van der Waals surface area contributed by atoms with E-state index in [0.29, 0.717) is 37.1 Å². The first-order valence-electron chi connectivity index (χ1n) is 10.8. The van der Waals surface area contributed by atoms with Crippen molar-refractivity contribution in [2.75, 3.05) is 11.9 Å². The number of nitriles is 1. The number of benzene rings is 2. The molecule has 1 saturated carbocycles. The highest BCUT2D eigenvalue weighted by molar-refractivity contribution is 5.97. The van der Waals surface area contributed by atoms with Crippen LogP contribution in [0.4, 0.5) is 5.69 Å². The molecule has 0 aliphatic heterocycles. The highest BCUT2D eigenvalue weighted by Crippen LogP contribution is 2.62. The molecule has 2 atom stereocenters. The largest absolute Gasteiger partial charge is 0.508 e. The summed E-state index contributed by atoms with van der Waals surface area (Å²) in [6.07, 6.45) is 4.12. The lowest BCUT2D eigenvalue weighted by molar-refractivity contribution is -0.143. The Labute approximate surface area is 181 Å². The van der Waals surface area contributed by atoms with E-state index in [0.717, 1.165) is 30.4 Å². The monoisotopic (exact) mass is 418 g/mol. The van der Waals surface area contributed by atoms with Crippen LogP contribution >= 0.6 is 0 Å². The summed E-state index contributed by atoms with van der Waals surface area (Å²) in [5.74, 6) is -0.201. The number of phenolic OH excluding ortho intramolecular Hbond substituents is 1. The average Bonchev–Trinajstić information content (AvgIpc) is 3.39. The van der Waals surface area contributed by atoms with Gasteiger partial charge in [0.1, 0.15) is 5.75 Å². The molecule has 4 rings (SSSR count). The van der Waals surface area contributed by atoms with Crippen LogP contribution in [0.3, 0.4) is 0 Å². The Hall–Kier alpha value is -3.33. The summed E-state index contributed by atoms with van der Waals surface area (Å²) in [6, 6.07) is 12.8. The van der Waals surface area contributed by atoms with Gasteiger partial charge in [0.15, 0.2) is 0 Å². The molecule has 2 N–H and O–H groups in total. The molecule has 2 aromatic rings. The van der Waals surface area contributed by atoms with Crippen molar-refractivity contribution in [3.8, 4) is 11.8 Å². The number of hydrogen-bond acceptors (Lipinski definition) is 5. The van der Waals surface area contributed by atoms with Gasteiger partial charge in [-0.15, -0.1) is 0 Å². The Morgan fingerprint density at radius 2 is 2.13 bits per heavy atom. The van der Waals surface area contributed by atoms with Crippen LogP contribution in [-0.4, -0.2) is 23.6 Å². The first-order valence-corrected chi connectivity index (χ1v) is 10.8. The minimum Gasteiger partial charge on any atom is -0.508 e. The van der Waals surface area contributed by atoms with Gasteiger partial charge in [-0.25, -0.2) is 0 Å². The predicted molar refractivity (Wildman–Crippen MR) is 116 cm³/mol. The number of nitrogens with one attached hydrogen (secondary N) is 1. The number of nitrogens with zero attached hydrogens (tertiary/aromatic N) is 1. The van der Waals surface area contributed by atoms with Crippen molar-refractivity contribution in [3.05, 3.63) is 58.7 Å². The van der Waals surface area contributed by atoms with E-state index in [2.05, 4.69) is 11.4 Å². The number of ether oxygens (including phenoxy) is 1. The van der Waals surface area contributed by atoms with Crippen molar-refractivity contribution in [3.63, 3.8) is 0 Å². The van der Waals surface area contributed by atoms with Crippen LogP contribution in [0.25, 0.3) is 0 Å². The third-order valence-electron chi connectivity index (χ3n) is 6.49. The number of aryl methyl sites for hydroxylation is 2. The number of esters is 1. The molecule has 6 heteroatoms. The number of phenols is 1. The second kappa shape index (κ2) is 8.43. The summed E-state index contributed by atoms with van der Waals surface area (Å²) >= 11 is 0. The standard InChI is InChI=1S/C25H26N2O4/c1-2-31-23(29)5-3-4-18-7-6-16(15-26)12-22(18)27-24(30)21-14-25(21)11-10-17-8-9-19(28)13-20(17)25/h6-9,12-13,21,28H,2-5,10-11,14H2,1H3,(H,27,30)/t21-,25-/m0/s1. The molecule has 0 aromatic heterocycles.